The summed E-state index contributed by atoms with van der Waals surface area (Å²) in [5.74, 6) is -0.331. The lowest BCUT2D eigenvalue weighted by molar-refractivity contribution is 0.909. The van der Waals surface area contributed by atoms with Crippen molar-refractivity contribution in [3.63, 3.8) is 0 Å². The van der Waals surface area contributed by atoms with Crippen molar-refractivity contribution in [1.82, 2.24) is 9.55 Å². The fraction of sp³-hybridized carbons (Fsp3) is 0.0426. The molecule has 2 heteroatoms. The van der Waals surface area contributed by atoms with E-state index in [0.717, 1.165) is 0 Å². The Hall–Kier alpha value is -6.25. The molecule has 0 radical (unpaired) electrons. The standard InChI is InChI=1S/C47H34N2/c1-2-45-48-42-21-11-13-23-44(42)49(45)43-22-12-10-16-37(43)34-26-30-36(31-27-34)47-40-19-8-6-17-38(40)46(39-18-7-9-20-41(39)47)35-28-24-33(25-29-35)32-14-4-3-5-15-32/h3-31H,2H2,1H3/i1D3,2D2,3D,4D,5D,6D,7D,8D,9D,14D,15D,17D,18D,19D,20D. The molecule has 49 heavy (non-hydrogen) atoms. The molecule has 0 aliphatic heterocycles. The lowest BCUT2D eigenvalue weighted by atomic mass is 9.85. The number of aryl methyl sites for hydroxylation is 1. The summed E-state index contributed by atoms with van der Waals surface area (Å²) in [4.78, 5) is 4.46. The highest BCUT2D eigenvalue weighted by Gasteiger charge is 2.18. The van der Waals surface area contributed by atoms with Gasteiger partial charge in [-0.05, 0) is 78.7 Å². The van der Waals surface area contributed by atoms with Gasteiger partial charge in [0.05, 0.1) is 34.5 Å². The van der Waals surface area contributed by atoms with E-state index in [1.54, 1.807) is 72.8 Å². The van der Waals surface area contributed by atoms with Gasteiger partial charge in [-0.25, -0.2) is 4.98 Å². The first-order chi connectivity index (χ1) is 31.6. The van der Waals surface area contributed by atoms with E-state index in [0.29, 0.717) is 33.4 Å². The third kappa shape index (κ3) is 4.92. The molecule has 0 saturated heterocycles. The first-order valence-corrected chi connectivity index (χ1v) is 15.4. The Kier molecular flexibility index (Phi) is 3.89. The Labute approximate surface area is 311 Å². The predicted octanol–water partition coefficient (Wildman–Crippen LogP) is 12.6. The molecule has 0 fully saturated rings. The zero-order chi connectivity index (χ0) is 48.3. The van der Waals surface area contributed by atoms with Crippen molar-refractivity contribution in [3.8, 4) is 50.2 Å². The Balaban J connectivity index is 1.31. The molecular formula is C47H34N2. The van der Waals surface area contributed by atoms with Crippen LogP contribution in [0.2, 0.25) is 0 Å². The van der Waals surface area contributed by atoms with Crippen LogP contribution in [-0.2, 0) is 6.37 Å². The number of nitrogens with zero attached hydrogens (tertiary/aromatic N) is 2. The zero-order valence-electron chi connectivity index (χ0n) is 43.6. The van der Waals surface area contributed by atoms with Gasteiger partial charge in [0.25, 0.3) is 0 Å². The van der Waals surface area contributed by atoms with Gasteiger partial charge in [0, 0.05) is 18.8 Å². The Bertz CT molecular complexity index is 3450. The molecule has 8 aromatic carbocycles. The van der Waals surface area contributed by atoms with Gasteiger partial charge < -0.3 is 0 Å². The molecular weight excluding hydrogens is 593 g/mol. The zero-order valence-corrected chi connectivity index (χ0v) is 25.6. The molecule has 9 aromatic rings. The summed E-state index contributed by atoms with van der Waals surface area (Å²) in [6.07, 6.45) is -2.87. The van der Waals surface area contributed by atoms with E-state index in [-0.39, 0.29) is 55.2 Å². The minimum absolute atomic E-state index is 0.0391. The van der Waals surface area contributed by atoms with Crippen LogP contribution < -0.4 is 0 Å². The molecule has 0 amide bonds. The molecule has 232 valence electrons. The Morgan fingerprint density at radius 2 is 1.04 bits per heavy atom. The predicted molar refractivity (Wildman–Crippen MR) is 207 cm³/mol. The number of benzene rings is 8. The third-order valence-electron chi connectivity index (χ3n) is 8.64. The summed E-state index contributed by atoms with van der Waals surface area (Å²) in [6.45, 7) is -3.08. The summed E-state index contributed by atoms with van der Waals surface area (Å²) >= 11 is 0. The number of aromatic nitrogens is 2. The second kappa shape index (κ2) is 12.1. The van der Waals surface area contributed by atoms with E-state index in [4.69, 9.17) is 19.2 Å². The normalized spacial score (nSPS) is 17.2. The summed E-state index contributed by atoms with van der Waals surface area (Å²) in [5, 5.41) is -0.177. The lowest BCUT2D eigenvalue weighted by Gasteiger charge is -2.18. The van der Waals surface area contributed by atoms with Crippen LogP contribution in [0.5, 0.6) is 0 Å². The van der Waals surface area contributed by atoms with Crippen molar-refractivity contribution in [1.29, 1.82) is 0 Å². The highest BCUT2D eigenvalue weighted by Crippen LogP contribution is 2.44. The maximum Gasteiger partial charge on any atom is 0.114 e. The number of fused-ring (bicyclic) bond motifs is 3. The maximum absolute atomic E-state index is 9.33. The van der Waals surface area contributed by atoms with Crippen LogP contribution in [0.3, 0.4) is 0 Å². The second-order valence-electron chi connectivity index (χ2n) is 11.3. The van der Waals surface area contributed by atoms with E-state index in [9.17, 15) is 5.48 Å². The molecule has 0 spiro atoms. The van der Waals surface area contributed by atoms with E-state index in [1.807, 2.05) is 0 Å². The molecule has 0 saturated carbocycles. The first-order valence-electron chi connectivity index (χ1n) is 24.4. The van der Waals surface area contributed by atoms with Crippen LogP contribution in [-0.4, -0.2) is 9.55 Å². The maximum atomic E-state index is 9.33. The van der Waals surface area contributed by atoms with Gasteiger partial charge in [-0.3, -0.25) is 4.57 Å². The van der Waals surface area contributed by atoms with Crippen LogP contribution in [0.4, 0.5) is 0 Å². The van der Waals surface area contributed by atoms with Crippen LogP contribution in [0, 0.1) is 0 Å². The fourth-order valence-corrected chi connectivity index (χ4v) is 6.48. The third-order valence-corrected chi connectivity index (χ3v) is 8.64. The fourth-order valence-electron chi connectivity index (χ4n) is 6.48. The quantitative estimate of drug-likeness (QED) is 0.165. The van der Waals surface area contributed by atoms with Crippen LogP contribution >= 0.6 is 0 Å². The number of imidazole rings is 1. The molecule has 0 unspecified atom stereocenters. The van der Waals surface area contributed by atoms with Gasteiger partial charge in [-0.2, -0.15) is 0 Å². The summed E-state index contributed by atoms with van der Waals surface area (Å²) < 4.78 is 157. The van der Waals surface area contributed by atoms with E-state index >= 15 is 0 Å². The van der Waals surface area contributed by atoms with Crippen LogP contribution in [0.1, 0.15) is 37.3 Å². The SMILES string of the molecule is [2H]c1c([2H])c([2H])c(-c2ccc(-c3c4c([2H])c([2H])c([2H])c([2H])c4c(-c4ccc(-c5ccccc5-n5c(C([2H])([2H])C([2H])([2H])[2H])nc6ccccc65)cc4)c4c([2H])c([2H])c([2H])c([2H])c34)cc2)c([2H])c1[2H]. The number of para-hydroxylation sites is 3. The van der Waals surface area contributed by atoms with Gasteiger partial charge in [-0.1, -0.05) is 164 Å². The summed E-state index contributed by atoms with van der Waals surface area (Å²) in [6, 6.07) is 19.6. The summed E-state index contributed by atoms with van der Waals surface area (Å²) in [5.41, 5.74) is 3.24. The van der Waals surface area contributed by atoms with Crippen molar-refractivity contribution in [2.75, 3.05) is 0 Å². The van der Waals surface area contributed by atoms with Crippen molar-refractivity contribution >= 4 is 32.6 Å². The largest absolute Gasteiger partial charge is 0.296 e. The molecule has 1 aromatic heterocycles. The first kappa shape index (κ1) is 15.8. The molecule has 0 aliphatic rings. The average molecular weight is 645 g/mol. The van der Waals surface area contributed by atoms with Gasteiger partial charge in [-0.15, -0.1) is 0 Å². The van der Waals surface area contributed by atoms with Crippen LogP contribution in [0.25, 0.3) is 82.8 Å². The highest BCUT2D eigenvalue weighted by molar-refractivity contribution is 6.21. The minimum Gasteiger partial charge on any atom is -0.296 e. The summed E-state index contributed by atoms with van der Waals surface area (Å²) in [7, 11) is 0. The Morgan fingerprint density at radius 3 is 1.65 bits per heavy atom. The molecule has 0 atom stereocenters. The smallest absolute Gasteiger partial charge is 0.114 e. The van der Waals surface area contributed by atoms with Gasteiger partial charge in [0.15, 0.2) is 0 Å². The molecule has 0 aliphatic carbocycles. The van der Waals surface area contributed by atoms with Gasteiger partial charge in [0.2, 0.25) is 0 Å². The minimum atomic E-state index is -3.08. The van der Waals surface area contributed by atoms with E-state index < -0.39 is 91.8 Å². The lowest BCUT2D eigenvalue weighted by Crippen LogP contribution is -2.02. The second-order valence-corrected chi connectivity index (χ2v) is 11.3. The number of hydrogen-bond donors (Lipinski definition) is 0. The van der Waals surface area contributed by atoms with Gasteiger partial charge in [0.1, 0.15) is 5.82 Å². The van der Waals surface area contributed by atoms with E-state index in [1.165, 1.54) is 28.8 Å². The van der Waals surface area contributed by atoms with Crippen molar-refractivity contribution < 1.29 is 24.7 Å². The molecule has 9 rings (SSSR count). The topological polar surface area (TPSA) is 17.8 Å². The molecule has 1 heterocycles. The van der Waals surface area contributed by atoms with Crippen molar-refractivity contribution in [2.45, 2.75) is 13.2 Å². The monoisotopic (exact) mass is 644 g/mol. The molecule has 0 bridgehead atoms. The average Bonchev–Trinajstić information content (AvgIpc) is 3.72. The Morgan fingerprint density at radius 1 is 0.531 bits per heavy atom. The van der Waals surface area contributed by atoms with Gasteiger partial charge >= 0.3 is 0 Å². The van der Waals surface area contributed by atoms with Crippen molar-refractivity contribution in [3.05, 3.63) is 181 Å². The highest BCUT2D eigenvalue weighted by atomic mass is 15.1. The molecule has 2 nitrogen and oxygen atoms in total. The van der Waals surface area contributed by atoms with E-state index in [2.05, 4.69) is 4.98 Å². The number of hydrogen-bond acceptors (Lipinski definition) is 1. The number of rotatable bonds is 6. The molecule has 0 N–H and O–H groups in total. The van der Waals surface area contributed by atoms with Crippen LogP contribution in [0.15, 0.2) is 176 Å². The van der Waals surface area contributed by atoms with Crippen molar-refractivity contribution in [2.24, 2.45) is 0 Å².